The van der Waals surface area contributed by atoms with Crippen molar-refractivity contribution in [1.29, 1.82) is 0 Å². The standard InChI is InChI=1S/C18H18ClN5/c1-13-2-4-14(5-3-13)11-21-18-23-17(12-22-24-18)20-10-15-6-8-16(19)9-7-15/h2-9,12H,10-11H2,1H3,(H2,20,21,23,24). The third-order valence-electron chi connectivity index (χ3n) is 3.52. The average Bonchev–Trinajstić information content (AvgIpc) is 2.61. The second-order valence-corrected chi connectivity index (χ2v) is 5.92. The first-order valence-electron chi connectivity index (χ1n) is 7.66. The monoisotopic (exact) mass is 339 g/mol. The van der Waals surface area contributed by atoms with E-state index in [2.05, 4.69) is 57.0 Å². The van der Waals surface area contributed by atoms with Crippen LogP contribution in [-0.2, 0) is 13.1 Å². The van der Waals surface area contributed by atoms with Gasteiger partial charge < -0.3 is 10.6 Å². The van der Waals surface area contributed by atoms with Gasteiger partial charge in [-0.15, -0.1) is 5.10 Å². The highest BCUT2D eigenvalue weighted by Gasteiger charge is 2.01. The Bertz CT molecular complexity index is 723. The Morgan fingerprint density at radius 2 is 1.50 bits per heavy atom. The smallest absolute Gasteiger partial charge is 0.244 e. The number of hydrogen-bond donors (Lipinski definition) is 2. The molecule has 0 fully saturated rings. The van der Waals surface area contributed by atoms with Crippen molar-refractivity contribution in [3.8, 4) is 0 Å². The lowest BCUT2D eigenvalue weighted by atomic mass is 10.1. The highest BCUT2D eigenvalue weighted by Crippen LogP contribution is 2.12. The summed E-state index contributed by atoms with van der Waals surface area (Å²) in [4.78, 5) is 4.42. The van der Waals surface area contributed by atoms with Crippen molar-refractivity contribution in [3.63, 3.8) is 0 Å². The van der Waals surface area contributed by atoms with E-state index in [0.29, 0.717) is 24.9 Å². The molecule has 0 aliphatic carbocycles. The number of aryl methyl sites for hydroxylation is 1. The molecule has 1 aromatic heterocycles. The van der Waals surface area contributed by atoms with E-state index < -0.39 is 0 Å². The minimum absolute atomic E-state index is 0.497. The van der Waals surface area contributed by atoms with Gasteiger partial charge >= 0.3 is 0 Å². The minimum atomic E-state index is 0.497. The average molecular weight is 340 g/mol. The van der Waals surface area contributed by atoms with E-state index in [1.165, 1.54) is 11.1 Å². The number of hydrogen-bond acceptors (Lipinski definition) is 5. The van der Waals surface area contributed by atoms with Gasteiger partial charge in [-0.05, 0) is 30.2 Å². The van der Waals surface area contributed by atoms with Gasteiger partial charge in [0.05, 0.1) is 6.20 Å². The molecule has 3 rings (SSSR count). The maximum Gasteiger partial charge on any atom is 0.244 e. The lowest BCUT2D eigenvalue weighted by Gasteiger charge is -2.08. The Morgan fingerprint density at radius 3 is 2.21 bits per heavy atom. The molecule has 0 amide bonds. The van der Waals surface area contributed by atoms with E-state index >= 15 is 0 Å². The van der Waals surface area contributed by atoms with Crippen LogP contribution in [-0.4, -0.2) is 15.2 Å². The number of halogens is 1. The molecule has 24 heavy (non-hydrogen) atoms. The molecule has 2 aromatic carbocycles. The van der Waals surface area contributed by atoms with Gasteiger partial charge in [-0.3, -0.25) is 0 Å². The van der Waals surface area contributed by atoms with Crippen LogP contribution in [0.5, 0.6) is 0 Å². The molecular formula is C18H18ClN5. The zero-order valence-electron chi connectivity index (χ0n) is 13.3. The van der Waals surface area contributed by atoms with Crippen molar-refractivity contribution in [2.75, 3.05) is 10.6 Å². The van der Waals surface area contributed by atoms with Crippen LogP contribution in [0.25, 0.3) is 0 Å². The molecule has 0 bridgehead atoms. The maximum atomic E-state index is 5.88. The fraction of sp³-hybridized carbons (Fsp3) is 0.167. The van der Waals surface area contributed by atoms with E-state index in [1.807, 2.05) is 24.3 Å². The third kappa shape index (κ3) is 4.67. The summed E-state index contributed by atoms with van der Waals surface area (Å²) in [7, 11) is 0. The fourth-order valence-corrected chi connectivity index (χ4v) is 2.27. The van der Waals surface area contributed by atoms with E-state index in [4.69, 9.17) is 11.6 Å². The molecule has 0 aliphatic heterocycles. The molecule has 0 spiro atoms. The van der Waals surface area contributed by atoms with E-state index in [9.17, 15) is 0 Å². The number of nitrogens with zero attached hydrogens (tertiary/aromatic N) is 3. The molecule has 122 valence electrons. The fourth-order valence-electron chi connectivity index (χ4n) is 2.15. The summed E-state index contributed by atoms with van der Waals surface area (Å²) < 4.78 is 0. The van der Waals surface area contributed by atoms with Gasteiger partial charge in [0.1, 0.15) is 0 Å². The van der Waals surface area contributed by atoms with E-state index in [-0.39, 0.29) is 0 Å². The molecule has 0 atom stereocenters. The highest BCUT2D eigenvalue weighted by atomic mass is 35.5. The molecule has 0 aliphatic rings. The molecule has 5 nitrogen and oxygen atoms in total. The number of anilines is 2. The second-order valence-electron chi connectivity index (χ2n) is 5.48. The summed E-state index contributed by atoms with van der Waals surface area (Å²) in [6.45, 7) is 3.37. The highest BCUT2D eigenvalue weighted by molar-refractivity contribution is 6.30. The topological polar surface area (TPSA) is 62.7 Å². The normalized spacial score (nSPS) is 10.4. The maximum absolute atomic E-state index is 5.88. The van der Waals surface area contributed by atoms with Gasteiger partial charge in [0.15, 0.2) is 5.82 Å². The Labute approximate surface area is 146 Å². The van der Waals surface area contributed by atoms with Gasteiger partial charge in [-0.1, -0.05) is 53.6 Å². The second kappa shape index (κ2) is 7.75. The van der Waals surface area contributed by atoms with Crippen molar-refractivity contribution >= 4 is 23.4 Å². The Hall–Kier alpha value is -2.66. The quantitative estimate of drug-likeness (QED) is 0.709. The van der Waals surface area contributed by atoms with Gasteiger partial charge in [0.25, 0.3) is 0 Å². The lowest BCUT2D eigenvalue weighted by Crippen LogP contribution is -2.08. The zero-order chi connectivity index (χ0) is 16.8. The molecule has 0 saturated carbocycles. The largest absolute Gasteiger partial charge is 0.365 e. The van der Waals surface area contributed by atoms with Crippen LogP contribution in [0.15, 0.2) is 54.7 Å². The van der Waals surface area contributed by atoms with Crippen molar-refractivity contribution in [2.24, 2.45) is 0 Å². The van der Waals surface area contributed by atoms with Gasteiger partial charge in [-0.2, -0.15) is 10.1 Å². The summed E-state index contributed by atoms with van der Waals surface area (Å²) >= 11 is 5.88. The predicted molar refractivity (Wildman–Crippen MR) is 97.1 cm³/mol. The number of benzene rings is 2. The van der Waals surface area contributed by atoms with Crippen LogP contribution in [0.3, 0.4) is 0 Å². The first-order chi connectivity index (χ1) is 11.7. The molecule has 2 N–H and O–H groups in total. The SMILES string of the molecule is Cc1ccc(CNc2nncc(NCc3ccc(Cl)cc3)n2)cc1. The first kappa shape index (κ1) is 16.2. The van der Waals surface area contributed by atoms with Crippen LogP contribution in [0.2, 0.25) is 5.02 Å². The molecule has 1 heterocycles. The van der Waals surface area contributed by atoms with Crippen LogP contribution < -0.4 is 10.6 Å². The predicted octanol–water partition coefficient (Wildman–Crippen LogP) is 4.06. The third-order valence-corrected chi connectivity index (χ3v) is 3.77. The Morgan fingerprint density at radius 1 is 0.875 bits per heavy atom. The Kier molecular flexibility index (Phi) is 5.23. The lowest BCUT2D eigenvalue weighted by molar-refractivity contribution is 0.937. The van der Waals surface area contributed by atoms with Gasteiger partial charge in [0.2, 0.25) is 5.95 Å². The number of nitrogens with one attached hydrogen (secondary N) is 2. The number of aromatic nitrogens is 3. The van der Waals surface area contributed by atoms with Crippen molar-refractivity contribution < 1.29 is 0 Å². The molecule has 0 radical (unpaired) electrons. The van der Waals surface area contributed by atoms with E-state index in [0.717, 1.165) is 10.6 Å². The molecular weight excluding hydrogens is 322 g/mol. The van der Waals surface area contributed by atoms with Crippen LogP contribution >= 0.6 is 11.6 Å². The van der Waals surface area contributed by atoms with Gasteiger partial charge in [0, 0.05) is 18.1 Å². The van der Waals surface area contributed by atoms with Crippen molar-refractivity contribution in [2.45, 2.75) is 20.0 Å². The summed E-state index contributed by atoms with van der Waals surface area (Å²) in [5, 5.41) is 15.1. The summed E-state index contributed by atoms with van der Waals surface area (Å²) in [5.41, 5.74) is 3.53. The zero-order valence-corrected chi connectivity index (χ0v) is 14.1. The van der Waals surface area contributed by atoms with Crippen LogP contribution in [0.1, 0.15) is 16.7 Å². The summed E-state index contributed by atoms with van der Waals surface area (Å²) in [6, 6.07) is 16.0. The molecule has 6 heteroatoms. The van der Waals surface area contributed by atoms with Crippen molar-refractivity contribution in [1.82, 2.24) is 15.2 Å². The van der Waals surface area contributed by atoms with Crippen molar-refractivity contribution in [3.05, 3.63) is 76.4 Å². The summed E-state index contributed by atoms with van der Waals surface area (Å²) in [5.74, 6) is 1.17. The number of rotatable bonds is 6. The molecule has 0 saturated heterocycles. The first-order valence-corrected chi connectivity index (χ1v) is 8.04. The molecule has 0 unspecified atom stereocenters. The Balaban J connectivity index is 1.57. The summed E-state index contributed by atoms with van der Waals surface area (Å²) in [6.07, 6.45) is 1.60. The molecule has 3 aromatic rings. The van der Waals surface area contributed by atoms with Crippen LogP contribution in [0, 0.1) is 6.92 Å². The minimum Gasteiger partial charge on any atom is -0.365 e. The van der Waals surface area contributed by atoms with E-state index in [1.54, 1.807) is 6.20 Å². The van der Waals surface area contributed by atoms with Crippen LogP contribution in [0.4, 0.5) is 11.8 Å². The van der Waals surface area contributed by atoms with Gasteiger partial charge in [-0.25, -0.2) is 0 Å².